The number of aromatic nitrogens is 1. The molecule has 12 heteroatoms. The molecule has 2 aliphatic heterocycles. The van der Waals surface area contributed by atoms with Crippen LogP contribution in [0, 0.1) is 5.92 Å². The highest BCUT2D eigenvalue weighted by Gasteiger charge is 2.44. The molecule has 222 valence electrons. The molecule has 3 aromatic rings. The van der Waals surface area contributed by atoms with E-state index in [1.165, 1.54) is 22.6 Å². The highest BCUT2D eigenvalue weighted by molar-refractivity contribution is 7.91. The summed E-state index contributed by atoms with van der Waals surface area (Å²) in [4.78, 5) is 4.59. The van der Waals surface area contributed by atoms with Crippen molar-refractivity contribution in [3.05, 3.63) is 60.8 Å². The van der Waals surface area contributed by atoms with Gasteiger partial charge in [0.2, 0.25) is 10.0 Å². The fourth-order valence-corrected chi connectivity index (χ4v) is 8.13. The van der Waals surface area contributed by atoms with E-state index in [2.05, 4.69) is 4.98 Å². The molecule has 1 aromatic heterocycles. The van der Waals surface area contributed by atoms with E-state index in [1.54, 1.807) is 18.2 Å². The Morgan fingerprint density at radius 2 is 1.83 bits per heavy atom. The predicted molar refractivity (Wildman–Crippen MR) is 153 cm³/mol. The van der Waals surface area contributed by atoms with Crippen LogP contribution in [0.25, 0.3) is 10.9 Å². The van der Waals surface area contributed by atoms with Crippen molar-refractivity contribution in [3.8, 4) is 5.75 Å². The standard InChI is InChI=1S/C29H36N2O8S2/c32-14-15-40(34,35)26-6-3-5-25(17-26)38-21-24(33)9-8-22-18-29(39-20-22)10-12-31(13-11-29)41(36,37)27-16-23-4-1-2-7-28(23)30-19-27/h1-7,16-17,19,22,24,32-33H,8-15,18,20-21H2/t22-,24+/m1/s1. The summed E-state index contributed by atoms with van der Waals surface area (Å²) in [6, 6.07) is 15.2. The lowest BCUT2D eigenvalue weighted by atomic mass is 9.84. The third-order valence-corrected chi connectivity index (χ3v) is 11.6. The third kappa shape index (κ3) is 6.90. The first-order valence-corrected chi connectivity index (χ1v) is 16.9. The van der Waals surface area contributed by atoms with Crippen LogP contribution in [0.5, 0.6) is 5.75 Å². The van der Waals surface area contributed by atoms with Crippen molar-refractivity contribution in [1.29, 1.82) is 0 Å². The number of benzene rings is 2. The molecule has 2 atom stereocenters. The summed E-state index contributed by atoms with van der Waals surface area (Å²) >= 11 is 0. The van der Waals surface area contributed by atoms with Crippen molar-refractivity contribution in [2.45, 2.75) is 53.6 Å². The SMILES string of the molecule is O=S(=O)(CCO)c1cccc(OC[C@@H](O)CC[C@H]2COC3(CCN(S(=O)(=O)c4cnc5ccccc5c4)CC3)C2)c1. The first kappa shape index (κ1) is 29.9. The lowest BCUT2D eigenvalue weighted by molar-refractivity contribution is -0.0314. The summed E-state index contributed by atoms with van der Waals surface area (Å²) in [6.45, 7) is 0.897. The van der Waals surface area contributed by atoms with Gasteiger partial charge in [0.05, 0.1) is 41.1 Å². The van der Waals surface area contributed by atoms with Crippen LogP contribution >= 0.6 is 0 Å². The Morgan fingerprint density at radius 1 is 1.05 bits per heavy atom. The molecule has 0 bridgehead atoms. The second-order valence-electron chi connectivity index (χ2n) is 10.9. The summed E-state index contributed by atoms with van der Waals surface area (Å²) in [5, 5.41) is 20.3. The number of hydrogen-bond donors (Lipinski definition) is 2. The Kier molecular flexibility index (Phi) is 8.98. The molecule has 2 aromatic carbocycles. The lowest BCUT2D eigenvalue weighted by Gasteiger charge is -2.38. The molecule has 0 saturated carbocycles. The normalized spacial score (nSPS) is 20.4. The fraction of sp³-hybridized carbons (Fsp3) is 0.483. The number of nitrogens with zero attached hydrogens (tertiary/aromatic N) is 2. The van der Waals surface area contributed by atoms with Gasteiger partial charge in [0.15, 0.2) is 9.84 Å². The Balaban J connectivity index is 1.09. The van der Waals surface area contributed by atoms with Crippen LogP contribution in [0.3, 0.4) is 0 Å². The van der Waals surface area contributed by atoms with E-state index in [9.17, 15) is 21.9 Å². The number of rotatable bonds is 11. The summed E-state index contributed by atoms with van der Waals surface area (Å²) in [5.74, 6) is 0.233. The first-order chi connectivity index (χ1) is 19.6. The first-order valence-electron chi connectivity index (χ1n) is 13.8. The van der Waals surface area contributed by atoms with Gasteiger partial charge >= 0.3 is 0 Å². The average molecular weight is 605 g/mol. The number of sulfone groups is 1. The smallest absolute Gasteiger partial charge is 0.244 e. The minimum Gasteiger partial charge on any atom is -0.491 e. The molecule has 0 radical (unpaired) electrons. The van der Waals surface area contributed by atoms with Crippen molar-refractivity contribution in [2.24, 2.45) is 5.92 Å². The van der Waals surface area contributed by atoms with Crippen LogP contribution in [0.2, 0.25) is 0 Å². The second kappa shape index (κ2) is 12.3. The number of sulfonamides is 1. The van der Waals surface area contributed by atoms with Gasteiger partial charge in [-0.15, -0.1) is 0 Å². The van der Waals surface area contributed by atoms with Gasteiger partial charge in [0.1, 0.15) is 17.3 Å². The summed E-state index contributed by atoms with van der Waals surface area (Å²) in [7, 11) is -7.24. The predicted octanol–water partition coefficient (Wildman–Crippen LogP) is 2.78. The highest BCUT2D eigenvalue weighted by atomic mass is 32.2. The van der Waals surface area contributed by atoms with Gasteiger partial charge in [-0.25, -0.2) is 16.8 Å². The Bertz CT molecular complexity index is 1570. The monoisotopic (exact) mass is 604 g/mol. The molecule has 0 aliphatic carbocycles. The number of aliphatic hydroxyl groups excluding tert-OH is 2. The van der Waals surface area contributed by atoms with E-state index in [4.69, 9.17) is 14.6 Å². The minimum absolute atomic E-state index is 0.0265. The molecule has 2 aliphatic rings. The summed E-state index contributed by atoms with van der Waals surface area (Å²) in [6.07, 6.45) is 3.98. The van der Waals surface area contributed by atoms with Crippen LogP contribution in [-0.4, -0.2) is 86.7 Å². The highest BCUT2D eigenvalue weighted by Crippen LogP contribution is 2.41. The van der Waals surface area contributed by atoms with Crippen LogP contribution in [-0.2, 0) is 24.6 Å². The topological polar surface area (TPSA) is 143 Å². The Labute approximate surface area is 240 Å². The molecule has 1 spiro atoms. The van der Waals surface area contributed by atoms with Crippen LogP contribution in [0.15, 0.2) is 70.6 Å². The molecule has 0 unspecified atom stereocenters. The number of piperidine rings is 1. The Hall–Kier alpha value is -2.61. The number of aliphatic hydroxyl groups is 2. The van der Waals surface area contributed by atoms with E-state index in [0.29, 0.717) is 44.7 Å². The third-order valence-electron chi connectivity index (χ3n) is 8.00. The van der Waals surface area contributed by atoms with Crippen LogP contribution in [0.1, 0.15) is 32.1 Å². The molecule has 5 rings (SSSR count). The van der Waals surface area contributed by atoms with E-state index < -0.39 is 32.6 Å². The van der Waals surface area contributed by atoms with Gasteiger partial charge in [0.25, 0.3) is 0 Å². The zero-order valence-electron chi connectivity index (χ0n) is 22.8. The molecule has 41 heavy (non-hydrogen) atoms. The van der Waals surface area contributed by atoms with Crippen molar-refractivity contribution in [2.75, 3.05) is 38.7 Å². The minimum atomic E-state index is -3.65. The van der Waals surface area contributed by atoms with Gasteiger partial charge in [-0.05, 0) is 68.4 Å². The largest absolute Gasteiger partial charge is 0.491 e. The van der Waals surface area contributed by atoms with Gasteiger partial charge in [-0.3, -0.25) is 4.98 Å². The molecule has 2 fully saturated rings. The number of hydrogen-bond acceptors (Lipinski definition) is 9. The second-order valence-corrected chi connectivity index (χ2v) is 14.9. The lowest BCUT2D eigenvalue weighted by Crippen LogP contribution is -2.46. The van der Waals surface area contributed by atoms with Crippen LogP contribution < -0.4 is 4.74 Å². The van der Waals surface area contributed by atoms with E-state index >= 15 is 0 Å². The number of pyridine rings is 1. The maximum atomic E-state index is 13.3. The van der Waals surface area contributed by atoms with Gasteiger partial charge < -0.3 is 19.7 Å². The van der Waals surface area contributed by atoms with Gasteiger partial charge in [0, 0.05) is 24.7 Å². The van der Waals surface area contributed by atoms with E-state index in [0.717, 1.165) is 23.7 Å². The summed E-state index contributed by atoms with van der Waals surface area (Å²) < 4.78 is 64.3. The van der Waals surface area contributed by atoms with Gasteiger partial charge in [-0.2, -0.15) is 4.31 Å². The molecule has 0 amide bonds. The molecule has 2 saturated heterocycles. The number of para-hydroxylation sites is 1. The maximum Gasteiger partial charge on any atom is 0.244 e. The Morgan fingerprint density at radius 3 is 2.61 bits per heavy atom. The van der Waals surface area contributed by atoms with Crippen molar-refractivity contribution in [3.63, 3.8) is 0 Å². The molecule has 2 N–H and O–H groups in total. The number of fused-ring (bicyclic) bond motifs is 1. The zero-order valence-corrected chi connectivity index (χ0v) is 24.4. The molecular weight excluding hydrogens is 568 g/mol. The van der Waals surface area contributed by atoms with Crippen molar-refractivity contribution in [1.82, 2.24) is 9.29 Å². The molecule has 10 nitrogen and oxygen atoms in total. The van der Waals surface area contributed by atoms with Crippen LogP contribution in [0.4, 0.5) is 0 Å². The fourth-order valence-electron chi connectivity index (χ4n) is 5.65. The van der Waals surface area contributed by atoms with Crippen molar-refractivity contribution < 1.29 is 36.5 Å². The zero-order chi connectivity index (χ0) is 29.1. The molecule has 3 heterocycles. The van der Waals surface area contributed by atoms with Crippen molar-refractivity contribution >= 4 is 30.8 Å². The summed E-state index contributed by atoms with van der Waals surface area (Å²) in [5.41, 5.74) is 0.408. The molecular formula is C29H36N2O8S2. The van der Waals surface area contributed by atoms with E-state index in [-0.39, 0.29) is 33.7 Å². The quantitative estimate of drug-likeness (QED) is 0.338. The number of ether oxygens (including phenoxy) is 2. The maximum absolute atomic E-state index is 13.3. The van der Waals surface area contributed by atoms with E-state index in [1.807, 2.05) is 24.3 Å². The average Bonchev–Trinajstić information content (AvgIpc) is 3.37. The van der Waals surface area contributed by atoms with Gasteiger partial charge in [-0.1, -0.05) is 24.3 Å².